The van der Waals surface area contributed by atoms with Crippen LogP contribution < -0.4 is 5.32 Å². The fourth-order valence-corrected chi connectivity index (χ4v) is 1.63. The molecule has 0 amide bonds. The zero-order valence-electron chi connectivity index (χ0n) is 11.6. The van der Waals surface area contributed by atoms with Gasteiger partial charge in [0.25, 0.3) is 0 Å². The van der Waals surface area contributed by atoms with Crippen molar-refractivity contribution in [2.75, 3.05) is 13.1 Å². The molecule has 17 heavy (non-hydrogen) atoms. The molecule has 1 N–H and O–H groups in total. The highest BCUT2D eigenvalue weighted by Gasteiger charge is 2.07. The lowest BCUT2D eigenvalue weighted by molar-refractivity contribution is 0.413. The lowest BCUT2D eigenvalue weighted by Gasteiger charge is -2.05. The fourth-order valence-electron chi connectivity index (χ4n) is 1.63. The minimum atomic E-state index is 0.676. The van der Waals surface area contributed by atoms with Crippen LogP contribution in [0.4, 0.5) is 0 Å². The molecule has 0 saturated heterocycles. The molecule has 3 heteroatoms. The first-order chi connectivity index (χ1) is 8.11. The van der Waals surface area contributed by atoms with Crippen molar-refractivity contribution in [2.45, 2.75) is 47.0 Å². The minimum absolute atomic E-state index is 0.676. The molecule has 3 nitrogen and oxygen atoms in total. The van der Waals surface area contributed by atoms with Gasteiger partial charge in [-0.15, -0.1) is 0 Å². The van der Waals surface area contributed by atoms with E-state index in [1.54, 1.807) is 0 Å². The Morgan fingerprint density at radius 1 is 1.35 bits per heavy atom. The molecule has 1 aromatic rings. The number of nitrogens with one attached hydrogen (secondary N) is 1. The van der Waals surface area contributed by atoms with Gasteiger partial charge in [0, 0.05) is 19.4 Å². The molecule has 0 saturated carbocycles. The van der Waals surface area contributed by atoms with Crippen LogP contribution in [0.3, 0.4) is 0 Å². The zero-order valence-corrected chi connectivity index (χ0v) is 11.6. The molecule has 1 unspecified atom stereocenters. The Hall–Kier alpha value is -0.830. The van der Waals surface area contributed by atoms with Crippen LogP contribution in [0.25, 0.3) is 0 Å². The van der Waals surface area contributed by atoms with Gasteiger partial charge in [-0.1, -0.05) is 34.1 Å². The largest absolute Gasteiger partial charge is 0.446 e. The maximum Gasteiger partial charge on any atom is 0.195 e. The number of hydrogen-bond donors (Lipinski definition) is 1. The number of aromatic nitrogens is 1. The predicted octanol–water partition coefficient (Wildman–Crippen LogP) is 3.05. The molecule has 98 valence electrons. The third-order valence-corrected chi connectivity index (χ3v) is 2.92. The summed E-state index contributed by atoms with van der Waals surface area (Å²) in [6.45, 7) is 10.9. The zero-order chi connectivity index (χ0) is 12.7. The molecular weight excluding hydrogens is 212 g/mol. The summed E-state index contributed by atoms with van der Waals surface area (Å²) in [6, 6.07) is 0. The van der Waals surface area contributed by atoms with Crippen LogP contribution in [0.15, 0.2) is 10.6 Å². The van der Waals surface area contributed by atoms with E-state index in [2.05, 4.69) is 38.0 Å². The molecule has 1 heterocycles. The van der Waals surface area contributed by atoms with E-state index < -0.39 is 0 Å². The van der Waals surface area contributed by atoms with Gasteiger partial charge in [0.1, 0.15) is 5.76 Å². The minimum Gasteiger partial charge on any atom is -0.446 e. The van der Waals surface area contributed by atoms with Crippen LogP contribution >= 0.6 is 0 Å². The Bertz CT molecular complexity index is 307. The molecule has 0 bridgehead atoms. The van der Waals surface area contributed by atoms with E-state index in [-0.39, 0.29) is 0 Å². The quantitative estimate of drug-likeness (QED) is 0.707. The molecule has 0 radical (unpaired) electrons. The molecule has 1 atom stereocenters. The summed E-state index contributed by atoms with van der Waals surface area (Å²) in [7, 11) is 0. The Balaban J connectivity index is 2.26. The molecular formula is C14H26N2O. The SMILES string of the molecule is CCC(C)Cc1cnc(CCNCC(C)C)o1. The molecule has 0 aliphatic rings. The van der Waals surface area contributed by atoms with Crippen LogP contribution in [0.1, 0.15) is 45.8 Å². The molecule has 0 aliphatic heterocycles. The Morgan fingerprint density at radius 2 is 2.12 bits per heavy atom. The highest BCUT2D eigenvalue weighted by atomic mass is 16.4. The number of rotatable bonds is 8. The van der Waals surface area contributed by atoms with Gasteiger partial charge in [0.2, 0.25) is 0 Å². The summed E-state index contributed by atoms with van der Waals surface area (Å²) in [5, 5.41) is 3.39. The standard InChI is InChI=1S/C14H26N2O/c1-5-12(4)8-13-10-16-14(17-13)6-7-15-9-11(2)3/h10-12,15H,5-9H2,1-4H3. The summed E-state index contributed by atoms with van der Waals surface area (Å²) in [5.41, 5.74) is 0. The molecule has 0 fully saturated rings. The Morgan fingerprint density at radius 3 is 2.76 bits per heavy atom. The van der Waals surface area contributed by atoms with Crippen molar-refractivity contribution < 1.29 is 4.42 Å². The first-order valence-electron chi connectivity index (χ1n) is 6.76. The van der Waals surface area contributed by atoms with Crippen molar-refractivity contribution in [1.29, 1.82) is 0 Å². The second-order valence-electron chi connectivity index (χ2n) is 5.29. The smallest absolute Gasteiger partial charge is 0.195 e. The molecule has 0 aromatic carbocycles. The van der Waals surface area contributed by atoms with E-state index in [9.17, 15) is 0 Å². The van der Waals surface area contributed by atoms with Gasteiger partial charge in [0.15, 0.2) is 5.89 Å². The van der Waals surface area contributed by atoms with Crippen molar-refractivity contribution in [3.8, 4) is 0 Å². The molecule has 1 rings (SSSR count). The molecule has 0 aliphatic carbocycles. The van der Waals surface area contributed by atoms with Crippen molar-refractivity contribution in [3.63, 3.8) is 0 Å². The lowest BCUT2D eigenvalue weighted by atomic mass is 10.0. The average molecular weight is 238 g/mol. The first kappa shape index (κ1) is 14.2. The Labute approximate surface area is 105 Å². The first-order valence-corrected chi connectivity index (χ1v) is 6.76. The van der Waals surface area contributed by atoms with Crippen LogP contribution in [-0.2, 0) is 12.8 Å². The van der Waals surface area contributed by atoms with Gasteiger partial charge in [0.05, 0.1) is 6.20 Å². The topological polar surface area (TPSA) is 38.1 Å². The normalized spacial score (nSPS) is 13.2. The van der Waals surface area contributed by atoms with Gasteiger partial charge in [-0.25, -0.2) is 4.98 Å². The van der Waals surface area contributed by atoms with E-state index in [0.717, 1.165) is 37.6 Å². The van der Waals surface area contributed by atoms with Crippen molar-refractivity contribution in [1.82, 2.24) is 10.3 Å². The van der Waals surface area contributed by atoms with E-state index >= 15 is 0 Å². The van der Waals surface area contributed by atoms with Gasteiger partial charge in [-0.3, -0.25) is 0 Å². The Kier molecular flexibility index (Phi) is 6.27. The third kappa shape index (κ3) is 5.87. The highest BCUT2D eigenvalue weighted by Crippen LogP contribution is 2.12. The number of nitrogens with zero attached hydrogens (tertiary/aromatic N) is 1. The summed E-state index contributed by atoms with van der Waals surface area (Å²) >= 11 is 0. The van der Waals surface area contributed by atoms with Crippen LogP contribution in [0, 0.1) is 11.8 Å². The van der Waals surface area contributed by atoms with Gasteiger partial charge in [-0.2, -0.15) is 0 Å². The summed E-state index contributed by atoms with van der Waals surface area (Å²) < 4.78 is 5.71. The van der Waals surface area contributed by atoms with Crippen LogP contribution in [0.5, 0.6) is 0 Å². The van der Waals surface area contributed by atoms with Crippen molar-refractivity contribution >= 4 is 0 Å². The molecule has 1 aromatic heterocycles. The lowest BCUT2D eigenvalue weighted by Crippen LogP contribution is -2.22. The number of hydrogen-bond acceptors (Lipinski definition) is 3. The monoisotopic (exact) mass is 238 g/mol. The summed E-state index contributed by atoms with van der Waals surface area (Å²) in [6.07, 6.45) is 4.95. The number of oxazole rings is 1. The average Bonchev–Trinajstić information content (AvgIpc) is 2.72. The highest BCUT2D eigenvalue weighted by molar-refractivity contribution is 4.95. The van der Waals surface area contributed by atoms with E-state index in [1.807, 2.05) is 6.20 Å². The summed E-state index contributed by atoms with van der Waals surface area (Å²) in [5.74, 6) is 3.26. The second-order valence-corrected chi connectivity index (χ2v) is 5.29. The van der Waals surface area contributed by atoms with E-state index in [0.29, 0.717) is 11.8 Å². The van der Waals surface area contributed by atoms with E-state index in [1.165, 1.54) is 6.42 Å². The van der Waals surface area contributed by atoms with Crippen LogP contribution in [-0.4, -0.2) is 18.1 Å². The van der Waals surface area contributed by atoms with E-state index in [4.69, 9.17) is 4.42 Å². The predicted molar refractivity (Wildman–Crippen MR) is 71.1 cm³/mol. The second kappa shape index (κ2) is 7.49. The maximum absolute atomic E-state index is 5.71. The van der Waals surface area contributed by atoms with Gasteiger partial charge < -0.3 is 9.73 Å². The molecule has 0 spiro atoms. The van der Waals surface area contributed by atoms with Gasteiger partial charge in [-0.05, 0) is 18.4 Å². The maximum atomic E-state index is 5.71. The third-order valence-electron chi connectivity index (χ3n) is 2.92. The summed E-state index contributed by atoms with van der Waals surface area (Å²) in [4.78, 5) is 4.31. The van der Waals surface area contributed by atoms with Crippen LogP contribution in [0.2, 0.25) is 0 Å². The van der Waals surface area contributed by atoms with Crippen molar-refractivity contribution in [3.05, 3.63) is 17.8 Å². The van der Waals surface area contributed by atoms with Crippen molar-refractivity contribution in [2.24, 2.45) is 11.8 Å². The fraction of sp³-hybridized carbons (Fsp3) is 0.786. The van der Waals surface area contributed by atoms with Gasteiger partial charge >= 0.3 is 0 Å².